The lowest BCUT2D eigenvalue weighted by Gasteiger charge is -2.12. The standard InChI is InChI=1S/C24H22FN3S/c1-16-9-12-20(13-10-16)28-23(21-6-4-5-7-22(21)25)26-27-24(28)29-15-19-14-17(2)8-11-18(19)3/h4-14H,15H2,1-3H3. The predicted octanol–water partition coefficient (Wildman–Crippen LogP) is 6.29. The quantitative estimate of drug-likeness (QED) is 0.367. The minimum absolute atomic E-state index is 0.306. The van der Waals surface area contributed by atoms with E-state index in [0.717, 1.165) is 16.6 Å². The molecule has 0 saturated carbocycles. The second-order valence-electron chi connectivity index (χ2n) is 7.18. The van der Waals surface area contributed by atoms with Gasteiger partial charge in [0.25, 0.3) is 0 Å². The van der Waals surface area contributed by atoms with Crippen LogP contribution in [-0.2, 0) is 5.75 Å². The summed E-state index contributed by atoms with van der Waals surface area (Å²) in [6, 6.07) is 21.3. The maximum atomic E-state index is 14.5. The van der Waals surface area contributed by atoms with Crippen LogP contribution in [0.25, 0.3) is 17.1 Å². The second-order valence-corrected chi connectivity index (χ2v) is 8.12. The highest BCUT2D eigenvalue weighted by atomic mass is 32.2. The molecular formula is C24H22FN3S. The lowest BCUT2D eigenvalue weighted by molar-refractivity contribution is 0.629. The minimum Gasteiger partial charge on any atom is -0.270 e. The average Bonchev–Trinajstić information content (AvgIpc) is 3.13. The van der Waals surface area contributed by atoms with Crippen LogP contribution in [0.3, 0.4) is 0 Å². The van der Waals surface area contributed by atoms with Gasteiger partial charge in [-0.1, -0.05) is 65.4 Å². The average molecular weight is 404 g/mol. The molecular weight excluding hydrogens is 381 g/mol. The summed E-state index contributed by atoms with van der Waals surface area (Å²) >= 11 is 1.61. The number of aryl methyl sites for hydroxylation is 3. The Morgan fingerprint density at radius 3 is 2.34 bits per heavy atom. The highest BCUT2D eigenvalue weighted by Gasteiger charge is 2.19. The lowest BCUT2D eigenvalue weighted by Crippen LogP contribution is -2.01. The molecule has 0 aliphatic rings. The number of hydrogen-bond donors (Lipinski definition) is 0. The van der Waals surface area contributed by atoms with E-state index in [0.29, 0.717) is 11.4 Å². The molecule has 3 nitrogen and oxygen atoms in total. The van der Waals surface area contributed by atoms with Crippen LogP contribution in [0.15, 0.2) is 71.9 Å². The Morgan fingerprint density at radius 1 is 0.862 bits per heavy atom. The molecule has 4 aromatic rings. The molecule has 0 amide bonds. The van der Waals surface area contributed by atoms with Crippen LogP contribution >= 0.6 is 11.8 Å². The highest BCUT2D eigenvalue weighted by Crippen LogP contribution is 2.31. The molecule has 4 rings (SSSR count). The Hall–Kier alpha value is -2.92. The normalized spacial score (nSPS) is 11.0. The van der Waals surface area contributed by atoms with Gasteiger partial charge in [0.15, 0.2) is 11.0 Å². The van der Waals surface area contributed by atoms with Gasteiger partial charge in [-0.05, 0) is 56.2 Å². The van der Waals surface area contributed by atoms with E-state index in [-0.39, 0.29) is 5.82 Å². The van der Waals surface area contributed by atoms with Gasteiger partial charge in [0.1, 0.15) is 5.82 Å². The molecule has 0 unspecified atom stereocenters. The van der Waals surface area contributed by atoms with Gasteiger partial charge in [-0.3, -0.25) is 4.57 Å². The van der Waals surface area contributed by atoms with Crippen molar-refractivity contribution in [2.45, 2.75) is 31.7 Å². The van der Waals surface area contributed by atoms with Gasteiger partial charge in [-0.2, -0.15) is 0 Å². The zero-order valence-electron chi connectivity index (χ0n) is 16.7. The summed E-state index contributed by atoms with van der Waals surface area (Å²) in [5.74, 6) is 0.976. The van der Waals surface area contributed by atoms with Crippen LogP contribution in [0.1, 0.15) is 22.3 Å². The Balaban J connectivity index is 1.77. The third kappa shape index (κ3) is 4.10. The fourth-order valence-corrected chi connectivity index (χ4v) is 4.22. The molecule has 0 aliphatic carbocycles. The molecule has 0 aliphatic heterocycles. The molecule has 3 aromatic carbocycles. The van der Waals surface area contributed by atoms with Crippen molar-refractivity contribution in [3.05, 3.63) is 94.8 Å². The second kappa shape index (κ2) is 8.21. The smallest absolute Gasteiger partial charge is 0.196 e. The maximum absolute atomic E-state index is 14.5. The van der Waals surface area contributed by atoms with E-state index in [2.05, 4.69) is 42.2 Å². The summed E-state index contributed by atoms with van der Waals surface area (Å²) in [7, 11) is 0. The molecule has 0 fully saturated rings. The van der Waals surface area contributed by atoms with Crippen LogP contribution in [0.4, 0.5) is 4.39 Å². The maximum Gasteiger partial charge on any atom is 0.196 e. The highest BCUT2D eigenvalue weighted by molar-refractivity contribution is 7.98. The van der Waals surface area contributed by atoms with Gasteiger partial charge in [0.2, 0.25) is 0 Å². The molecule has 0 bridgehead atoms. The summed E-state index contributed by atoms with van der Waals surface area (Å²) in [6.07, 6.45) is 0. The SMILES string of the molecule is Cc1ccc(-n2c(SCc3cc(C)ccc3C)nnc2-c2ccccc2F)cc1. The number of halogens is 1. The first-order valence-electron chi connectivity index (χ1n) is 9.49. The Labute approximate surface area is 174 Å². The molecule has 1 aromatic heterocycles. The molecule has 5 heteroatoms. The molecule has 0 saturated heterocycles. The van der Waals surface area contributed by atoms with E-state index in [1.165, 1.54) is 28.3 Å². The monoisotopic (exact) mass is 403 g/mol. The molecule has 29 heavy (non-hydrogen) atoms. The summed E-state index contributed by atoms with van der Waals surface area (Å²) in [6.45, 7) is 6.26. The van der Waals surface area contributed by atoms with E-state index in [9.17, 15) is 4.39 Å². The van der Waals surface area contributed by atoms with E-state index in [1.54, 1.807) is 23.9 Å². The zero-order chi connectivity index (χ0) is 20.4. The number of aromatic nitrogens is 3. The van der Waals surface area contributed by atoms with Gasteiger partial charge < -0.3 is 0 Å². The summed E-state index contributed by atoms with van der Waals surface area (Å²) < 4.78 is 16.4. The van der Waals surface area contributed by atoms with E-state index < -0.39 is 0 Å². The van der Waals surface area contributed by atoms with Crippen molar-refractivity contribution in [3.8, 4) is 17.1 Å². The van der Waals surface area contributed by atoms with Crippen LogP contribution in [0, 0.1) is 26.6 Å². The summed E-state index contributed by atoms with van der Waals surface area (Å²) in [5, 5.41) is 9.50. The number of rotatable bonds is 5. The van der Waals surface area contributed by atoms with Crippen molar-refractivity contribution in [2.75, 3.05) is 0 Å². The Morgan fingerprint density at radius 2 is 1.59 bits per heavy atom. The summed E-state index contributed by atoms with van der Waals surface area (Å²) in [4.78, 5) is 0. The van der Waals surface area contributed by atoms with Crippen molar-refractivity contribution in [1.29, 1.82) is 0 Å². The summed E-state index contributed by atoms with van der Waals surface area (Å²) in [5.41, 5.74) is 6.28. The third-order valence-corrected chi connectivity index (χ3v) is 5.88. The first kappa shape index (κ1) is 19.4. The van der Waals surface area contributed by atoms with Crippen molar-refractivity contribution < 1.29 is 4.39 Å². The van der Waals surface area contributed by atoms with E-state index in [1.807, 2.05) is 41.8 Å². The van der Waals surface area contributed by atoms with Crippen molar-refractivity contribution in [1.82, 2.24) is 14.8 Å². The van der Waals surface area contributed by atoms with Crippen molar-refractivity contribution in [2.24, 2.45) is 0 Å². The van der Waals surface area contributed by atoms with Crippen molar-refractivity contribution >= 4 is 11.8 Å². The first-order chi connectivity index (χ1) is 14.0. The molecule has 1 heterocycles. The largest absolute Gasteiger partial charge is 0.270 e. The number of nitrogens with zero attached hydrogens (tertiary/aromatic N) is 3. The number of benzene rings is 3. The van der Waals surface area contributed by atoms with Crippen molar-refractivity contribution in [3.63, 3.8) is 0 Å². The Kier molecular flexibility index (Phi) is 5.49. The van der Waals surface area contributed by atoms with Crippen LogP contribution in [0.5, 0.6) is 0 Å². The van der Waals surface area contributed by atoms with Gasteiger partial charge in [-0.15, -0.1) is 10.2 Å². The van der Waals surface area contributed by atoms with Gasteiger partial charge in [-0.25, -0.2) is 4.39 Å². The number of hydrogen-bond acceptors (Lipinski definition) is 3. The third-order valence-electron chi connectivity index (χ3n) is 4.90. The first-order valence-corrected chi connectivity index (χ1v) is 10.5. The lowest BCUT2D eigenvalue weighted by atomic mass is 10.1. The molecule has 0 atom stereocenters. The molecule has 0 radical (unpaired) electrons. The van der Waals surface area contributed by atoms with Crippen LogP contribution in [0.2, 0.25) is 0 Å². The fourth-order valence-electron chi connectivity index (χ4n) is 3.21. The number of thioether (sulfide) groups is 1. The van der Waals surface area contributed by atoms with Crippen LogP contribution < -0.4 is 0 Å². The van der Waals surface area contributed by atoms with E-state index >= 15 is 0 Å². The fraction of sp³-hybridized carbons (Fsp3) is 0.167. The topological polar surface area (TPSA) is 30.7 Å². The molecule has 146 valence electrons. The zero-order valence-corrected chi connectivity index (χ0v) is 17.5. The van der Waals surface area contributed by atoms with Gasteiger partial charge in [0.05, 0.1) is 5.56 Å². The molecule has 0 spiro atoms. The predicted molar refractivity (Wildman–Crippen MR) is 117 cm³/mol. The van der Waals surface area contributed by atoms with Crippen LogP contribution in [-0.4, -0.2) is 14.8 Å². The van der Waals surface area contributed by atoms with Gasteiger partial charge in [0, 0.05) is 11.4 Å². The Bertz CT molecular complexity index is 1150. The van der Waals surface area contributed by atoms with E-state index in [4.69, 9.17) is 0 Å². The minimum atomic E-state index is -0.306. The molecule has 0 N–H and O–H groups in total. The van der Waals surface area contributed by atoms with Gasteiger partial charge >= 0.3 is 0 Å².